The number of aromatic amines is 1. The summed E-state index contributed by atoms with van der Waals surface area (Å²) in [4.78, 5) is 5.25. The van der Waals surface area contributed by atoms with E-state index >= 15 is 0 Å². The summed E-state index contributed by atoms with van der Waals surface area (Å²) in [5.41, 5.74) is 3.59. The fourth-order valence-electron chi connectivity index (χ4n) is 1.92. The molecule has 0 amide bonds. The van der Waals surface area contributed by atoms with Crippen LogP contribution in [0.5, 0.6) is 0 Å². The number of H-pyrrole nitrogens is 1. The molecule has 0 radical (unpaired) electrons. The lowest BCUT2D eigenvalue weighted by atomic mass is 10.3. The Morgan fingerprint density at radius 3 is 2.71 bits per heavy atom. The van der Waals surface area contributed by atoms with Crippen molar-refractivity contribution in [2.24, 2.45) is 0 Å². The van der Waals surface area contributed by atoms with E-state index in [9.17, 15) is 8.42 Å². The van der Waals surface area contributed by atoms with Gasteiger partial charge in [-0.15, -0.1) is 11.3 Å². The fraction of sp³-hybridized carbons (Fsp3) is 0.500. The molecule has 0 atom stereocenters. The van der Waals surface area contributed by atoms with Crippen molar-refractivity contribution in [3.63, 3.8) is 0 Å². The minimum Gasteiger partial charge on any atom is -0.311 e. The third-order valence-corrected chi connectivity index (χ3v) is 5.58. The molecule has 0 fully saturated rings. The van der Waals surface area contributed by atoms with E-state index in [-0.39, 0.29) is 11.4 Å². The van der Waals surface area contributed by atoms with Gasteiger partial charge in [0.2, 0.25) is 10.0 Å². The van der Waals surface area contributed by atoms with E-state index in [2.05, 4.69) is 25.2 Å². The summed E-state index contributed by atoms with van der Waals surface area (Å²) in [5.74, 6) is 0. The van der Waals surface area contributed by atoms with Crippen LogP contribution in [0.3, 0.4) is 0 Å². The predicted molar refractivity (Wildman–Crippen MR) is 81.6 cm³/mol. The maximum absolute atomic E-state index is 12.5. The summed E-state index contributed by atoms with van der Waals surface area (Å²) in [6.45, 7) is 6.92. The van der Waals surface area contributed by atoms with Crippen LogP contribution in [0.1, 0.15) is 28.9 Å². The number of hydrogen-bond acceptors (Lipinski definition) is 6. The van der Waals surface area contributed by atoms with Crippen LogP contribution in [0.15, 0.2) is 10.4 Å². The zero-order valence-electron chi connectivity index (χ0n) is 12.2. The normalized spacial score (nSPS) is 12.0. The molecular formula is C12H19N5O2S2. The van der Waals surface area contributed by atoms with Gasteiger partial charge < -0.3 is 5.32 Å². The summed E-state index contributed by atoms with van der Waals surface area (Å²) in [5, 5.41) is 9.89. The van der Waals surface area contributed by atoms with Crippen LogP contribution in [-0.2, 0) is 23.1 Å². The zero-order chi connectivity index (χ0) is 15.5. The first-order valence-electron chi connectivity index (χ1n) is 6.59. The van der Waals surface area contributed by atoms with Crippen LogP contribution in [-0.4, -0.2) is 30.1 Å². The first-order chi connectivity index (χ1) is 9.95. The highest BCUT2D eigenvalue weighted by atomic mass is 32.2. The topological polar surface area (TPSA) is 99.8 Å². The number of nitrogens with zero attached hydrogens (tertiary/aromatic N) is 2. The highest BCUT2D eigenvalue weighted by Crippen LogP contribution is 2.19. The van der Waals surface area contributed by atoms with Crippen molar-refractivity contribution in [2.75, 3.05) is 6.54 Å². The predicted octanol–water partition coefficient (Wildman–Crippen LogP) is 1.07. The molecule has 2 aromatic rings. The molecule has 0 aliphatic rings. The summed E-state index contributed by atoms with van der Waals surface area (Å²) in [6, 6.07) is 0. The van der Waals surface area contributed by atoms with Crippen LogP contribution in [0.25, 0.3) is 0 Å². The number of aryl methyl sites for hydroxylation is 2. The SMILES string of the molecule is CCNCc1n[nH]c(C)c1S(=O)(=O)NCc1scnc1C. The first kappa shape index (κ1) is 16.1. The minimum absolute atomic E-state index is 0.227. The molecule has 0 saturated heterocycles. The van der Waals surface area contributed by atoms with Crippen molar-refractivity contribution in [2.45, 2.75) is 38.8 Å². The Labute approximate surface area is 128 Å². The van der Waals surface area contributed by atoms with E-state index in [0.717, 1.165) is 17.1 Å². The number of rotatable bonds is 7. The minimum atomic E-state index is -3.61. The van der Waals surface area contributed by atoms with Gasteiger partial charge in [0.15, 0.2) is 0 Å². The molecule has 7 nitrogen and oxygen atoms in total. The lowest BCUT2D eigenvalue weighted by Gasteiger charge is -2.08. The van der Waals surface area contributed by atoms with Gasteiger partial charge in [0.05, 0.1) is 22.6 Å². The molecule has 2 heterocycles. The fourth-order valence-corrected chi connectivity index (χ4v) is 4.08. The third kappa shape index (κ3) is 3.67. The van der Waals surface area contributed by atoms with Crippen molar-refractivity contribution in [3.05, 3.63) is 27.5 Å². The summed E-state index contributed by atoms with van der Waals surface area (Å²) in [6.07, 6.45) is 0. The van der Waals surface area contributed by atoms with Crippen molar-refractivity contribution < 1.29 is 8.42 Å². The first-order valence-corrected chi connectivity index (χ1v) is 8.95. The van der Waals surface area contributed by atoms with Gasteiger partial charge in [-0.2, -0.15) is 5.10 Å². The molecule has 0 unspecified atom stereocenters. The Morgan fingerprint density at radius 2 is 2.10 bits per heavy atom. The van der Waals surface area contributed by atoms with Crippen LogP contribution in [0, 0.1) is 13.8 Å². The lowest BCUT2D eigenvalue weighted by molar-refractivity contribution is 0.578. The molecule has 3 N–H and O–H groups in total. The zero-order valence-corrected chi connectivity index (χ0v) is 13.9. The lowest BCUT2D eigenvalue weighted by Crippen LogP contribution is -2.25. The van der Waals surface area contributed by atoms with E-state index < -0.39 is 10.0 Å². The number of thiazole rings is 1. The number of sulfonamides is 1. The molecule has 2 rings (SSSR count). The molecule has 0 aromatic carbocycles. The number of aromatic nitrogens is 3. The molecule has 0 saturated carbocycles. The smallest absolute Gasteiger partial charge is 0.244 e. The molecule has 0 aliphatic heterocycles. The molecule has 0 spiro atoms. The van der Waals surface area contributed by atoms with Crippen LogP contribution in [0.2, 0.25) is 0 Å². The molecule has 9 heteroatoms. The second-order valence-corrected chi connectivity index (χ2v) is 7.23. The van der Waals surface area contributed by atoms with E-state index in [4.69, 9.17) is 0 Å². The molecule has 0 bridgehead atoms. The van der Waals surface area contributed by atoms with Gasteiger partial charge in [0, 0.05) is 18.0 Å². The summed E-state index contributed by atoms with van der Waals surface area (Å²) in [7, 11) is -3.61. The largest absolute Gasteiger partial charge is 0.311 e. The van der Waals surface area contributed by atoms with Gasteiger partial charge in [0.1, 0.15) is 4.90 Å². The molecule has 0 aliphatic carbocycles. The van der Waals surface area contributed by atoms with Crippen molar-refractivity contribution >= 4 is 21.4 Å². The Morgan fingerprint density at radius 1 is 1.33 bits per heavy atom. The van der Waals surface area contributed by atoms with Crippen LogP contribution < -0.4 is 10.0 Å². The highest BCUT2D eigenvalue weighted by Gasteiger charge is 2.24. The van der Waals surface area contributed by atoms with E-state index in [0.29, 0.717) is 17.9 Å². The van der Waals surface area contributed by atoms with Gasteiger partial charge in [-0.1, -0.05) is 6.92 Å². The number of nitrogens with one attached hydrogen (secondary N) is 3. The van der Waals surface area contributed by atoms with Gasteiger partial charge in [0.25, 0.3) is 0 Å². The highest BCUT2D eigenvalue weighted by molar-refractivity contribution is 7.89. The average molecular weight is 329 g/mol. The third-order valence-electron chi connectivity index (χ3n) is 3.04. The van der Waals surface area contributed by atoms with Crippen molar-refractivity contribution in [3.8, 4) is 0 Å². The van der Waals surface area contributed by atoms with Gasteiger partial charge in [-0.05, 0) is 20.4 Å². The quantitative estimate of drug-likeness (QED) is 0.705. The molecule has 2 aromatic heterocycles. The van der Waals surface area contributed by atoms with E-state index in [1.165, 1.54) is 11.3 Å². The Balaban J connectivity index is 2.19. The van der Waals surface area contributed by atoms with Gasteiger partial charge in [-0.3, -0.25) is 5.10 Å². The molecule has 21 heavy (non-hydrogen) atoms. The van der Waals surface area contributed by atoms with Crippen LogP contribution in [0.4, 0.5) is 0 Å². The number of hydrogen-bond donors (Lipinski definition) is 3. The van der Waals surface area contributed by atoms with E-state index in [1.807, 2.05) is 13.8 Å². The Kier molecular flexibility index (Phi) is 5.09. The van der Waals surface area contributed by atoms with Gasteiger partial charge in [-0.25, -0.2) is 18.1 Å². The maximum atomic E-state index is 12.5. The Bertz CT molecular complexity index is 705. The second-order valence-electron chi connectivity index (χ2n) is 4.59. The maximum Gasteiger partial charge on any atom is 0.244 e. The van der Waals surface area contributed by atoms with Crippen molar-refractivity contribution in [1.82, 2.24) is 25.2 Å². The molecule has 116 valence electrons. The Hall–Kier alpha value is -1.29. The standard InChI is InChI=1S/C12H19N5O2S2/c1-4-13-5-10-12(9(3)16-17-10)21(18,19)15-6-11-8(2)14-7-20-11/h7,13,15H,4-6H2,1-3H3,(H,16,17). The second kappa shape index (κ2) is 6.65. The molecular weight excluding hydrogens is 310 g/mol. The summed E-state index contributed by atoms with van der Waals surface area (Å²) >= 11 is 1.44. The summed E-state index contributed by atoms with van der Waals surface area (Å²) < 4.78 is 27.6. The van der Waals surface area contributed by atoms with E-state index in [1.54, 1.807) is 12.4 Å². The van der Waals surface area contributed by atoms with Crippen LogP contribution >= 0.6 is 11.3 Å². The van der Waals surface area contributed by atoms with Crippen molar-refractivity contribution in [1.29, 1.82) is 0 Å². The average Bonchev–Trinajstić information content (AvgIpc) is 3.00. The monoisotopic (exact) mass is 329 g/mol. The van der Waals surface area contributed by atoms with Gasteiger partial charge >= 0.3 is 0 Å².